The first-order valence-corrected chi connectivity index (χ1v) is 12.0. The molecule has 3 N–H and O–H groups in total. The van der Waals surface area contributed by atoms with Crippen LogP contribution in [-0.4, -0.2) is 42.6 Å². The third-order valence-electron chi connectivity index (χ3n) is 5.25. The fourth-order valence-corrected chi connectivity index (χ4v) is 3.95. The van der Waals surface area contributed by atoms with Crippen molar-refractivity contribution >= 4 is 44.8 Å². The number of carbonyl (C=O) groups is 1. The van der Waals surface area contributed by atoms with Gasteiger partial charge in [-0.25, -0.2) is 13.4 Å². The Kier molecular flexibility index (Phi) is 6.23. The molecule has 0 fully saturated rings. The summed E-state index contributed by atoms with van der Waals surface area (Å²) in [6.45, 7) is -0.163. The van der Waals surface area contributed by atoms with E-state index >= 15 is 0 Å². The number of amides is 1. The van der Waals surface area contributed by atoms with E-state index in [1.54, 1.807) is 18.2 Å². The molecule has 3 heterocycles. The van der Waals surface area contributed by atoms with Gasteiger partial charge < -0.3 is 16.0 Å². The molecule has 1 aliphatic heterocycles. The third kappa shape index (κ3) is 5.42. The van der Waals surface area contributed by atoms with E-state index in [0.29, 0.717) is 23.1 Å². The molecule has 3 aromatic rings. The molecule has 0 atom stereocenters. The van der Waals surface area contributed by atoms with E-state index in [1.807, 2.05) is 0 Å². The van der Waals surface area contributed by atoms with E-state index < -0.39 is 27.6 Å². The van der Waals surface area contributed by atoms with Gasteiger partial charge in [0.1, 0.15) is 11.4 Å². The van der Waals surface area contributed by atoms with Gasteiger partial charge in [-0.15, -0.1) is 0 Å². The Bertz CT molecular complexity index is 1400. The van der Waals surface area contributed by atoms with Gasteiger partial charge in [0.15, 0.2) is 0 Å². The lowest BCUT2D eigenvalue weighted by molar-refractivity contribution is -0.137. The number of alkyl halides is 3. The van der Waals surface area contributed by atoms with Crippen molar-refractivity contribution in [1.29, 1.82) is 0 Å². The maximum atomic E-state index is 13.6. The maximum absolute atomic E-state index is 13.6. The van der Waals surface area contributed by atoms with Crippen LogP contribution in [0.2, 0.25) is 0 Å². The van der Waals surface area contributed by atoms with E-state index in [9.17, 15) is 26.4 Å². The SMILES string of the molecule is CN(c1cnccc1CNc1nc(Nc2ccc3c(c2)CC(=O)N3)ncc1C(F)(F)F)S(C)(=O)=O. The summed E-state index contributed by atoms with van der Waals surface area (Å²) in [6.07, 6.45) is -0.157. The Morgan fingerprint density at radius 2 is 1.97 bits per heavy atom. The maximum Gasteiger partial charge on any atom is 0.421 e. The normalized spacial score (nSPS) is 13.2. The van der Waals surface area contributed by atoms with Crippen LogP contribution in [0.15, 0.2) is 42.9 Å². The lowest BCUT2D eigenvalue weighted by atomic mass is 10.1. The van der Waals surface area contributed by atoms with E-state index in [2.05, 4.69) is 30.9 Å². The van der Waals surface area contributed by atoms with Gasteiger partial charge in [-0.2, -0.15) is 18.2 Å². The average Bonchev–Trinajstić information content (AvgIpc) is 3.15. The van der Waals surface area contributed by atoms with E-state index in [1.165, 1.54) is 25.5 Å². The largest absolute Gasteiger partial charge is 0.421 e. The van der Waals surface area contributed by atoms with Crippen molar-refractivity contribution in [3.05, 3.63) is 59.5 Å². The van der Waals surface area contributed by atoms with Crippen molar-refractivity contribution in [2.24, 2.45) is 0 Å². The number of hydrogen-bond donors (Lipinski definition) is 3. The average molecular weight is 507 g/mol. The predicted molar refractivity (Wildman–Crippen MR) is 124 cm³/mol. The summed E-state index contributed by atoms with van der Waals surface area (Å²) in [6, 6.07) is 6.50. The minimum absolute atomic E-state index is 0.0964. The second kappa shape index (κ2) is 9.02. The Labute approximate surface area is 198 Å². The summed E-state index contributed by atoms with van der Waals surface area (Å²) in [5, 5.41) is 8.19. The predicted octanol–water partition coefficient (Wildman–Crippen LogP) is 3.14. The number of halogens is 3. The third-order valence-corrected chi connectivity index (χ3v) is 6.44. The van der Waals surface area contributed by atoms with Gasteiger partial charge in [0.05, 0.1) is 24.6 Å². The molecule has 10 nitrogen and oxygen atoms in total. The lowest BCUT2D eigenvalue weighted by Gasteiger charge is -2.20. The summed E-state index contributed by atoms with van der Waals surface area (Å²) in [5.41, 5.74) is 1.43. The molecular weight excluding hydrogens is 487 g/mol. The minimum atomic E-state index is -4.73. The molecule has 14 heteroatoms. The topological polar surface area (TPSA) is 129 Å². The molecule has 35 heavy (non-hydrogen) atoms. The zero-order valence-corrected chi connectivity index (χ0v) is 19.3. The first-order chi connectivity index (χ1) is 16.4. The zero-order valence-electron chi connectivity index (χ0n) is 18.5. The Balaban J connectivity index is 1.61. The first kappa shape index (κ1) is 24.2. The molecule has 0 saturated heterocycles. The zero-order chi connectivity index (χ0) is 25.4. The minimum Gasteiger partial charge on any atom is -0.365 e. The van der Waals surface area contributed by atoms with Gasteiger partial charge in [-0.3, -0.25) is 14.1 Å². The highest BCUT2D eigenvalue weighted by Gasteiger charge is 2.35. The van der Waals surface area contributed by atoms with Crippen LogP contribution in [0.25, 0.3) is 0 Å². The van der Waals surface area contributed by atoms with Gasteiger partial charge in [-0.05, 0) is 35.4 Å². The highest BCUT2D eigenvalue weighted by molar-refractivity contribution is 7.92. The summed E-state index contributed by atoms with van der Waals surface area (Å²) in [4.78, 5) is 23.2. The quantitative estimate of drug-likeness (QED) is 0.445. The second-order valence-electron chi connectivity index (χ2n) is 7.76. The number of fused-ring (bicyclic) bond motifs is 1. The van der Waals surface area contributed by atoms with Crippen LogP contribution in [0.5, 0.6) is 0 Å². The standard InChI is InChI=1S/C21H20F3N7O3S/c1-31(35(2,33)34)17-11-25-6-5-12(17)9-26-19-15(21(22,23)24)10-27-20(30-19)28-14-3-4-16-13(7-14)8-18(32)29-16/h3-7,10-11H,8-9H2,1-2H3,(H,29,32)(H2,26,27,28,30). The second-order valence-corrected chi connectivity index (χ2v) is 9.78. The van der Waals surface area contributed by atoms with Crippen molar-refractivity contribution in [1.82, 2.24) is 15.0 Å². The number of aromatic nitrogens is 3. The van der Waals surface area contributed by atoms with Crippen molar-refractivity contribution in [3.8, 4) is 0 Å². The van der Waals surface area contributed by atoms with Crippen molar-refractivity contribution < 1.29 is 26.4 Å². The van der Waals surface area contributed by atoms with E-state index in [4.69, 9.17) is 0 Å². The molecule has 0 radical (unpaired) electrons. The van der Waals surface area contributed by atoms with Crippen LogP contribution < -0.4 is 20.3 Å². The Morgan fingerprint density at radius 3 is 2.69 bits per heavy atom. The molecule has 184 valence electrons. The van der Waals surface area contributed by atoms with Crippen molar-refractivity contribution in [2.45, 2.75) is 19.1 Å². The molecule has 4 rings (SSSR count). The molecule has 0 bridgehead atoms. The number of hydrogen-bond acceptors (Lipinski definition) is 8. The monoisotopic (exact) mass is 507 g/mol. The molecule has 0 spiro atoms. The van der Waals surface area contributed by atoms with Gasteiger partial charge in [-0.1, -0.05) is 0 Å². The fraction of sp³-hybridized carbons (Fsp3) is 0.238. The van der Waals surface area contributed by atoms with E-state index in [0.717, 1.165) is 16.1 Å². The summed E-state index contributed by atoms with van der Waals surface area (Å²) in [7, 11) is -2.29. The van der Waals surface area contributed by atoms with Crippen LogP contribution in [0, 0.1) is 0 Å². The van der Waals surface area contributed by atoms with Crippen LogP contribution in [0.4, 0.5) is 42.0 Å². The summed E-state index contributed by atoms with van der Waals surface area (Å²) in [5.74, 6) is -0.731. The van der Waals surface area contributed by atoms with Gasteiger partial charge in [0.25, 0.3) is 0 Å². The molecule has 0 saturated carbocycles. The molecule has 1 amide bonds. The number of benzene rings is 1. The molecule has 0 unspecified atom stereocenters. The number of anilines is 5. The van der Waals surface area contributed by atoms with Gasteiger partial charge in [0, 0.05) is 37.4 Å². The highest BCUT2D eigenvalue weighted by atomic mass is 32.2. The van der Waals surface area contributed by atoms with Crippen LogP contribution >= 0.6 is 0 Å². The van der Waals surface area contributed by atoms with Crippen molar-refractivity contribution in [3.63, 3.8) is 0 Å². The summed E-state index contributed by atoms with van der Waals surface area (Å²) < 4.78 is 65.7. The first-order valence-electron chi connectivity index (χ1n) is 10.2. The molecular formula is C21H20F3N7O3S. The van der Waals surface area contributed by atoms with Crippen molar-refractivity contribution in [2.75, 3.05) is 33.6 Å². The molecule has 0 aliphatic carbocycles. The smallest absolute Gasteiger partial charge is 0.365 e. The van der Waals surface area contributed by atoms with E-state index in [-0.39, 0.29) is 30.5 Å². The number of nitrogens with zero attached hydrogens (tertiary/aromatic N) is 4. The van der Waals surface area contributed by atoms with Crippen LogP contribution in [0.3, 0.4) is 0 Å². The number of pyridine rings is 1. The lowest BCUT2D eigenvalue weighted by Crippen LogP contribution is -2.26. The van der Waals surface area contributed by atoms with Crippen LogP contribution in [0.1, 0.15) is 16.7 Å². The highest BCUT2D eigenvalue weighted by Crippen LogP contribution is 2.35. The van der Waals surface area contributed by atoms with Gasteiger partial charge in [0.2, 0.25) is 21.9 Å². The number of carbonyl (C=O) groups excluding carboxylic acids is 1. The van der Waals surface area contributed by atoms with Crippen LogP contribution in [-0.2, 0) is 34.0 Å². The Morgan fingerprint density at radius 1 is 1.20 bits per heavy atom. The molecule has 1 aromatic carbocycles. The molecule has 2 aromatic heterocycles. The summed E-state index contributed by atoms with van der Waals surface area (Å²) >= 11 is 0. The number of sulfonamides is 1. The molecule has 1 aliphatic rings. The number of rotatable bonds is 7. The number of nitrogens with one attached hydrogen (secondary N) is 3. The van der Waals surface area contributed by atoms with Gasteiger partial charge >= 0.3 is 6.18 Å². The fourth-order valence-electron chi connectivity index (χ4n) is 3.43. The Hall–Kier alpha value is -3.94.